The third kappa shape index (κ3) is 5.53. The van der Waals surface area contributed by atoms with Crippen molar-refractivity contribution < 1.29 is 29.0 Å². The van der Waals surface area contributed by atoms with Gasteiger partial charge in [0.15, 0.2) is 5.78 Å². The summed E-state index contributed by atoms with van der Waals surface area (Å²) in [6.07, 6.45) is 0. The van der Waals surface area contributed by atoms with Gasteiger partial charge in [-0.15, -0.1) is 0 Å². The minimum Gasteiger partial charge on any atom is -0.480 e. The fraction of sp³-hybridized carbons (Fsp3) is 0.250. The van der Waals surface area contributed by atoms with E-state index in [9.17, 15) is 14.4 Å². The van der Waals surface area contributed by atoms with Crippen LogP contribution < -0.4 is 0 Å². The number of carbonyl (C=O) groups excluding carboxylic acids is 2. The first-order valence-electron chi connectivity index (χ1n) is 8.15. The highest BCUT2D eigenvalue weighted by atomic mass is 16.6. The van der Waals surface area contributed by atoms with Gasteiger partial charge in [0.25, 0.3) is 0 Å². The van der Waals surface area contributed by atoms with Crippen LogP contribution in [0, 0.1) is 0 Å². The second kappa shape index (κ2) is 9.48. The summed E-state index contributed by atoms with van der Waals surface area (Å²) in [7, 11) is 0. The van der Waals surface area contributed by atoms with Crippen molar-refractivity contribution in [3.8, 4) is 0 Å². The molecule has 2 aromatic carbocycles. The summed E-state index contributed by atoms with van der Waals surface area (Å²) in [5.41, 5.74) is 1.75. The Labute approximate surface area is 151 Å². The molecule has 0 amide bonds. The van der Waals surface area contributed by atoms with Crippen molar-refractivity contribution in [3.05, 3.63) is 71.3 Å². The lowest BCUT2D eigenvalue weighted by molar-refractivity contribution is -0.148. The van der Waals surface area contributed by atoms with Gasteiger partial charge in [0, 0.05) is 11.1 Å². The van der Waals surface area contributed by atoms with Crippen molar-refractivity contribution in [1.82, 2.24) is 0 Å². The van der Waals surface area contributed by atoms with Crippen LogP contribution in [0.1, 0.15) is 34.3 Å². The van der Waals surface area contributed by atoms with Crippen molar-refractivity contribution in [1.29, 1.82) is 0 Å². The lowest BCUT2D eigenvalue weighted by atomic mass is 9.96. The van der Waals surface area contributed by atoms with Crippen molar-refractivity contribution in [2.75, 3.05) is 19.8 Å². The molecule has 6 heteroatoms. The molecule has 0 unspecified atom stereocenters. The molecule has 0 aliphatic heterocycles. The molecule has 0 bridgehead atoms. The minimum absolute atomic E-state index is 0.0112. The third-order valence-corrected chi connectivity index (χ3v) is 3.74. The number of hydrogen-bond acceptors (Lipinski definition) is 5. The fourth-order valence-electron chi connectivity index (χ4n) is 2.33. The molecule has 1 atom stereocenters. The maximum atomic E-state index is 12.5. The Hall–Kier alpha value is -2.99. The van der Waals surface area contributed by atoms with E-state index >= 15 is 0 Å². The van der Waals surface area contributed by atoms with Crippen LogP contribution in [0.2, 0.25) is 0 Å². The van der Waals surface area contributed by atoms with E-state index in [2.05, 4.69) is 0 Å². The van der Waals surface area contributed by atoms with Gasteiger partial charge < -0.3 is 14.6 Å². The molecule has 0 aliphatic carbocycles. The topological polar surface area (TPSA) is 89.9 Å². The highest BCUT2D eigenvalue weighted by Crippen LogP contribution is 2.20. The standard InChI is InChI=1S/C20H20O6/c1-14(20(24)26-11-10-25-13-18(21)22)16-8-5-9-17(12-16)19(23)15-6-3-2-4-7-15/h2-9,12,14H,10-11,13H2,1H3,(H,21,22)/t14-/m0/s1. The molecular formula is C20H20O6. The summed E-state index contributed by atoms with van der Waals surface area (Å²) in [5, 5.41) is 8.45. The zero-order chi connectivity index (χ0) is 18.9. The van der Waals surface area contributed by atoms with Gasteiger partial charge in [-0.05, 0) is 18.6 Å². The van der Waals surface area contributed by atoms with Crippen LogP contribution in [0.15, 0.2) is 54.6 Å². The largest absolute Gasteiger partial charge is 0.480 e. The van der Waals surface area contributed by atoms with Crippen LogP contribution >= 0.6 is 0 Å². The van der Waals surface area contributed by atoms with Crippen LogP contribution in [-0.2, 0) is 19.1 Å². The molecule has 0 heterocycles. The van der Waals surface area contributed by atoms with Crippen LogP contribution in [0.25, 0.3) is 0 Å². The van der Waals surface area contributed by atoms with Gasteiger partial charge >= 0.3 is 11.9 Å². The monoisotopic (exact) mass is 356 g/mol. The first kappa shape index (κ1) is 19.3. The van der Waals surface area contributed by atoms with Gasteiger partial charge in [-0.1, -0.05) is 48.5 Å². The van der Waals surface area contributed by atoms with Gasteiger partial charge in [-0.2, -0.15) is 0 Å². The van der Waals surface area contributed by atoms with E-state index in [-0.39, 0.29) is 19.0 Å². The molecule has 0 fully saturated rings. The quantitative estimate of drug-likeness (QED) is 0.422. The summed E-state index contributed by atoms with van der Waals surface area (Å²) in [6.45, 7) is 1.24. The van der Waals surface area contributed by atoms with E-state index in [4.69, 9.17) is 14.6 Å². The lowest BCUT2D eigenvalue weighted by Gasteiger charge is -2.13. The van der Waals surface area contributed by atoms with Gasteiger partial charge in [0.2, 0.25) is 0 Å². The van der Waals surface area contributed by atoms with Crippen molar-refractivity contribution >= 4 is 17.7 Å². The van der Waals surface area contributed by atoms with Gasteiger partial charge in [0.05, 0.1) is 12.5 Å². The summed E-state index contributed by atoms with van der Waals surface area (Å²) in [5.74, 6) is -2.22. The van der Waals surface area contributed by atoms with E-state index in [1.165, 1.54) is 0 Å². The smallest absolute Gasteiger partial charge is 0.329 e. The highest BCUT2D eigenvalue weighted by Gasteiger charge is 2.18. The van der Waals surface area contributed by atoms with Crippen molar-refractivity contribution in [2.45, 2.75) is 12.8 Å². The number of carboxylic acid groups (broad SMARTS) is 1. The first-order valence-corrected chi connectivity index (χ1v) is 8.15. The first-order chi connectivity index (χ1) is 12.5. The van der Waals surface area contributed by atoms with E-state index in [0.29, 0.717) is 16.7 Å². The Bertz CT molecular complexity index is 769. The Morgan fingerprint density at radius 1 is 0.962 bits per heavy atom. The normalized spacial score (nSPS) is 11.6. The molecule has 2 aromatic rings. The second-order valence-electron chi connectivity index (χ2n) is 5.66. The zero-order valence-electron chi connectivity index (χ0n) is 14.4. The zero-order valence-corrected chi connectivity index (χ0v) is 14.4. The van der Waals surface area contributed by atoms with E-state index < -0.39 is 24.5 Å². The predicted molar refractivity (Wildman–Crippen MR) is 94.1 cm³/mol. The van der Waals surface area contributed by atoms with Crippen LogP contribution in [0.3, 0.4) is 0 Å². The van der Waals surface area contributed by atoms with Crippen molar-refractivity contribution in [2.24, 2.45) is 0 Å². The molecule has 1 N–H and O–H groups in total. The summed E-state index contributed by atoms with van der Waals surface area (Å²) >= 11 is 0. The van der Waals surface area contributed by atoms with Crippen LogP contribution in [-0.4, -0.2) is 42.6 Å². The number of ether oxygens (including phenoxy) is 2. The number of carboxylic acids is 1. The molecule has 0 spiro atoms. The van der Waals surface area contributed by atoms with E-state index in [1.54, 1.807) is 55.5 Å². The molecule has 0 aliphatic rings. The summed E-state index contributed by atoms with van der Waals surface area (Å²) in [4.78, 5) is 34.9. The van der Waals surface area contributed by atoms with Gasteiger partial charge in [-0.3, -0.25) is 9.59 Å². The summed E-state index contributed by atoms with van der Waals surface area (Å²) in [6, 6.07) is 15.8. The molecule has 26 heavy (non-hydrogen) atoms. The number of rotatable bonds is 9. The summed E-state index contributed by atoms with van der Waals surface area (Å²) < 4.78 is 9.89. The number of hydrogen-bond donors (Lipinski definition) is 1. The average Bonchev–Trinajstić information content (AvgIpc) is 2.67. The average molecular weight is 356 g/mol. The van der Waals surface area contributed by atoms with E-state index in [0.717, 1.165) is 0 Å². The van der Waals surface area contributed by atoms with Crippen LogP contribution in [0.4, 0.5) is 0 Å². The molecule has 0 saturated heterocycles. The molecule has 2 rings (SSSR count). The number of aliphatic carboxylic acids is 1. The Morgan fingerprint density at radius 3 is 2.35 bits per heavy atom. The third-order valence-electron chi connectivity index (χ3n) is 3.74. The fourth-order valence-corrected chi connectivity index (χ4v) is 2.33. The van der Waals surface area contributed by atoms with Crippen molar-refractivity contribution in [3.63, 3.8) is 0 Å². The molecule has 6 nitrogen and oxygen atoms in total. The number of ketones is 1. The van der Waals surface area contributed by atoms with Gasteiger partial charge in [-0.25, -0.2) is 4.79 Å². The Morgan fingerprint density at radius 2 is 1.65 bits per heavy atom. The molecule has 0 saturated carbocycles. The number of carbonyl (C=O) groups is 3. The molecule has 0 aromatic heterocycles. The number of benzene rings is 2. The predicted octanol–water partition coefficient (Wildman–Crippen LogP) is 2.67. The minimum atomic E-state index is -1.08. The molecule has 136 valence electrons. The number of esters is 1. The van der Waals surface area contributed by atoms with E-state index in [1.807, 2.05) is 6.07 Å². The maximum absolute atomic E-state index is 12.5. The van der Waals surface area contributed by atoms with Crippen LogP contribution in [0.5, 0.6) is 0 Å². The highest BCUT2D eigenvalue weighted by molar-refractivity contribution is 6.09. The molecular weight excluding hydrogens is 336 g/mol. The Balaban J connectivity index is 1.97. The second-order valence-corrected chi connectivity index (χ2v) is 5.66. The lowest BCUT2D eigenvalue weighted by Crippen LogP contribution is -2.18. The molecule has 0 radical (unpaired) electrons. The Kier molecular flexibility index (Phi) is 7.05. The van der Waals surface area contributed by atoms with Gasteiger partial charge in [0.1, 0.15) is 13.2 Å². The maximum Gasteiger partial charge on any atom is 0.329 e. The SMILES string of the molecule is C[C@H](C(=O)OCCOCC(=O)O)c1cccc(C(=O)c2ccccc2)c1.